The Kier molecular flexibility index (Phi) is 12.0. The normalized spacial score (nSPS) is 13.7. The summed E-state index contributed by atoms with van der Waals surface area (Å²) >= 11 is 0. The van der Waals surface area contributed by atoms with Crippen LogP contribution in [0.1, 0.15) is 83.3 Å². The van der Waals surface area contributed by atoms with Gasteiger partial charge in [-0.15, -0.1) is 0 Å². The molecule has 0 unspecified atom stereocenters. The van der Waals surface area contributed by atoms with Gasteiger partial charge in [-0.3, -0.25) is 0 Å². The molecule has 0 N–H and O–H groups in total. The van der Waals surface area contributed by atoms with E-state index in [1.807, 2.05) is 0 Å². The predicted octanol–water partition coefficient (Wildman–Crippen LogP) is 22.8. The zero-order valence-electron chi connectivity index (χ0n) is 48.5. The summed E-state index contributed by atoms with van der Waals surface area (Å²) in [6.45, 7) is 14.0. The van der Waals surface area contributed by atoms with Crippen molar-refractivity contribution in [3.63, 3.8) is 0 Å². The SMILES string of the molecule is Cc1ccccc1N(c1ccc2c(c1)C(C)(C)c1cc(/C=C/c3ccc(/C=C/c4ccc5c(c4)C(C)(C)c4cc(N(c6ccccc6C)c6cc7ccccc7c7ccccc67)ccc4-5)cc3)ccc1-2)c1cc2ccccc2c2ccccc12. The summed E-state index contributed by atoms with van der Waals surface area (Å²) in [5.41, 5.74) is 24.5. The molecular weight excluding hydrogens is 1010 g/mol. The van der Waals surface area contributed by atoms with Crippen LogP contribution in [0, 0.1) is 13.8 Å². The van der Waals surface area contributed by atoms with Crippen LogP contribution in [0.2, 0.25) is 0 Å². The second-order valence-electron chi connectivity index (χ2n) is 24.2. The first-order valence-electron chi connectivity index (χ1n) is 29.6. The fourth-order valence-corrected chi connectivity index (χ4v) is 14.0. The second kappa shape index (κ2) is 19.9. The Hall–Kier alpha value is -10.0. The second-order valence-corrected chi connectivity index (χ2v) is 24.2. The number of anilines is 6. The highest BCUT2D eigenvalue weighted by Gasteiger charge is 2.38. The maximum atomic E-state index is 2.48. The lowest BCUT2D eigenvalue weighted by atomic mass is 9.81. The number of hydrogen-bond donors (Lipinski definition) is 0. The van der Waals surface area contributed by atoms with Crippen LogP contribution in [0.3, 0.4) is 0 Å². The summed E-state index contributed by atoms with van der Waals surface area (Å²) in [6.07, 6.45) is 9.01. The summed E-state index contributed by atoms with van der Waals surface area (Å²) in [5, 5.41) is 10.0. The van der Waals surface area contributed by atoms with Crippen molar-refractivity contribution in [1.29, 1.82) is 0 Å². The third-order valence-corrected chi connectivity index (χ3v) is 18.4. The molecule has 0 aliphatic heterocycles. The van der Waals surface area contributed by atoms with Crippen LogP contribution in [-0.2, 0) is 10.8 Å². The Labute approximate surface area is 493 Å². The Morgan fingerprint density at radius 1 is 0.262 bits per heavy atom. The van der Waals surface area contributed by atoms with Crippen molar-refractivity contribution in [3.8, 4) is 22.3 Å². The van der Waals surface area contributed by atoms with Crippen molar-refractivity contribution in [1.82, 2.24) is 0 Å². The number of para-hydroxylation sites is 2. The molecule has 13 aromatic carbocycles. The maximum absolute atomic E-state index is 2.48. The Balaban J connectivity index is 0.679. The van der Waals surface area contributed by atoms with Crippen molar-refractivity contribution in [2.24, 2.45) is 0 Å². The molecule has 13 aromatic rings. The molecule has 2 aliphatic carbocycles. The highest BCUT2D eigenvalue weighted by molar-refractivity contribution is 6.16. The third kappa shape index (κ3) is 8.38. The van der Waals surface area contributed by atoms with E-state index in [0.29, 0.717) is 0 Å². The Bertz CT molecular complexity index is 4570. The van der Waals surface area contributed by atoms with Crippen molar-refractivity contribution >= 4 is 102 Å². The zero-order chi connectivity index (χ0) is 56.8. The minimum atomic E-state index is -0.206. The standard InChI is InChI=1S/C82H64N2/c1-53-19-7-17-29-77(53)83(79-49-59-21-9-11-23-63(59)65-25-13-15-27-71(65)79)61-41-45-69-67-43-39-57(47-73(67)81(3,4)75(69)51-61)37-35-55-31-33-56(34-32-55)36-38-58-40-44-68-70-46-42-62(52-76(70)82(5,6)74(68)48-58)84(78-30-18-8-20-54(78)2)80-50-60-22-10-12-24-64(60)66-26-14-16-28-72(66)80/h7-52H,1-6H3/b37-35+,38-36+. The van der Waals surface area contributed by atoms with Gasteiger partial charge in [-0.2, -0.15) is 0 Å². The zero-order valence-corrected chi connectivity index (χ0v) is 48.5. The van der Waals surface area contributed by atoms with E-state index in [4.69, 9.17) is 0 Å². The predicted molar refractivity (Wildman–Crippen MR) is 361 cm³/mol. The first kappa shape index (κ1) is 50.9. The first-order valence-corrected chi connectivity index (χ1v) is 29.6. The molecule has 0 heterocycles. The number of rotatable bonds is 10. The van der Waals surface area contributed by atoms with Gasteiger partial charge in [-0.25, -0.2) is 0 Å². The van der Waals surface area contributed by atoms with Crippen LogP contribution in [0.15, 0.2) is 255 Å². The minimum Gasteiger partial charge on any atom is -0.310 e. The lowest BCUT2D eigenvalue weighted by molar-refractivity contribution is 0.660. The fourth-order valence-electron chi connectivity index (χ4n) is 14.0. The molecule has 402 valence electrons. The van der Waals surface area contributed by atoms with E-state index in [1.165, 1.54) is 144 Å². The molecule has 0 saturated carbocycles. The van der Waals surface area contributed by atoms with Crippen molar-refractivity contribution in [2.45, 2.75) is 52.4 Å². The van der Waals surface area contributed by atoms with Crippen LogP contribution < -0.4 is 9.80 Å². The van der Waals surface area contributed by atoms with E-state index in [1.54, 1.807) is 0 Å². The lowest BCUT2D eigenvalue weighted by Crippen LogP contribution is -2.17. The largest absolute Gasteiger partial charge is 0.310 e. The topological polar surface area (TPSA) is 6.48 Å². The number of fused-ring (bicyclic) bond motifs is 12. The van der Waals surface area contributed by atoms with Gasteiger partial charge in [0.05, 0.1) is 11.4 Å². The number of hydrogen-bond acceptors (Lipinski definition) is 2. The molecule has 0 atom stereocenters. The van der Waals surface area contributed by atoms with E-state index in [0.717, 1.165) is 11.4 Å². The van der Waals surface area contributed by atoms with Crippen LogP contribution in [0.25, 0.3) is 89.6 Å². The van der Waals surface area contributed by atoms with E-state index in [-0.39, 0.29) is 10.8 Å². The molecule has 0 spiro atoms. The van der Waals surface area contributed by atoms with Crippen molar-refractivity contribution < 1.29 is 0 Å². The van der Waals surface area contributed by atoms with Gasteiger partial charge in [0.25, 0.3) is 0 Å². The van der Waals surface area contributed by atoms with Crippen LogP contribution in [0.4, 0.5) is 34.1 Å². The van der Waals surface area contributed by atoms with Crippen molar-refractivity contribution in [2.75, 3.05) is 9.80 Å². The first-order chi connectivity index (χ1) is 41.0. The Morgan fingerprint density at radius 2 is 0.571 bits per heavy atom. The van der Waals surface area contributed by atoms with Gasteiger partial charge in [-0.1, -0.05) is 258 Å². The summed E-state index contributed by atoms with van der Waals surface area (Å²) in [6, 6.07) is 94.7. The maximum Gasteiger partial charge on any atom is 0.0546 e. The number of nitrogens with zero attached hydrogens (tertiary/aromatic N) is 2. The van der Waals surface area contributed by atoms with Gasteiger partial charge in [-0.05, 0) is 173 Å². The number of aryl methyl sites for hydroxylation is 2. The van der Waals surface area contributed by atoms with Gasteiger partial charge < -0.3 is 9.80 Å². The molecule has 0 amide bonds. The van der Waals surface area contributed by atoms with Crippen LogP contribution in [-0.4, -0.2) is 0 Å². The van der Waals surface area contributed by atoms with Gasteiger partial charge in [0.1, 0.15) is 0 Å². The van der Waals surface area contributed by atoms with E-state index < -0.39 is 0 Å². The molecule has 2 aliphatic rings. The van der Waals surface area contributed by atoms with Gasteiger partial charge in [0.15, 0.2) is 0 Å². The average Bonchev–Trinajstić information content (AvgIpc) is 3.07. The molecule has 0 bridgehead atoms. The monoisotopic (exact) mass is 1080 g/mol. The third-order valence-electron chi connectivity index (χ3n) is 18.4. The molecule has 2 heteroatoms. The minimum absolute atomic E-state index is 0.206. The Morgan fingerprint density at radius 3 is 0.976 bits per heavy atom. The molecule has 0 saturated heterocycles. The number of benzene rings is 13. The molecule has 0 aromatic heterocycles. The smallest absolute Gasteiger partial charge is 0.0546 e. The van der Waals surface area contributed by atoms with E-state index in [9.17, 15) is 0 Å². The molecular formula is C82H64N2. The molecule has 84 heavy (non-hydrogen) atoms. The summed E-state index contributed by atoms with van der Waals surface area (Å²) in [7, 11) is 0. The summed E-state index contributed by atoms with van der Waals surface area (Å²) in [4.78, 5) is 4.96. The molecule has 2 nitrogen and oxygen atoms in total. The highest BCUT2D eigenvalue weighted by Crippen LogP contribution is 2.54. The fraction of sp³-hybridized carbons (Fsp3) is 0.0976. The molecule has 0 radical (unpaired) electrons. The van der Waals surface area contributed by atoms with Gasteiger partial charge >= 0.3 is 0 Å². The molecule has 0 fully saturated rings. The van der Waals surface area contributed by atoms with Gasteiger partial charge in [0.2, 0.25) is 0 Å². The quantitative estimate of drug-likeness (QED) is 0.0995. The van der Waals surface area contributed by atoms with Crippen molar-refractivity contribution in [3.05, 3.63) is 310 Å². The highest BCUT2D eigenvalue weighted by atomic mass is 15.2. The van der Waals surface area contributed by atoms with Crippen LogP contribution in [0.5, 0.6) is 0 Å². The molecule has 15 rings (SSSR count). The van der Waals surface area contributed by atoms with E-state index >= 15 is 0 Å². The summed E-state index contributed by atoms with van der Waals surface area (Å²) < 4.78 is 0. The van der Waals surface area contributed by atoms with E-state index in [2.05, 4.69) is 330 Å². The summed E-state index contributed by atoms with van der Waals surface area (Å²) in [5.74, 6) is 0. The van der Waals surface area contributed by atoms with Crippen LogP contribution >= 0.6 is 0 Å². The lowest BCUT2D eigenvalue weighted by Gasteiger charge is -2.30. The average molecular weight is 1080 g/mol. The van der Waals surface area contributed by atoms with Gasteiger partial charge in [0, 0.05) is 44.4 Å².